The van der Waals surface area contributed by atoms with Gasteiger partial charge < -0.3 is 14.2 Å². The second-order valence-electron chi connectivity index (χ2n) is 4.95. The number of ether oxygens (including phenoxy) is 3. The molecule has 3 rings (SSSR count). The minimum absolute atomic E-state index is 0.0440. The first-order chi connectivity index (χ1) is 7.56. The third-order valence-electron chi connectivity index (χ3n) is 4.66. The summed E-state index contributed by atoms with van der Waals surface area (Å²) in [7, 11) is 3.04. The second kappa shape index (κ2) is 2.92. The summed E-state index contributed by atoms with van der Waals surface area (Å²) < 4.78 is 15.7. The highest BCUT2D eigenvalue weighted by Gasteiger charge is 2.90. The van der Waals surface area contributed by atoms with E-state index in [0.29, 0.717) is 6.42 Å². The molecule has 4 nitrogen and oxygen atoms in total. The smallest absolute Gasteiger partial charge is 0.357 e. The number of rotatable bonds is 2. The van der Waals surface area contributed by atoms with Crippen LogP contribution in [0.2, 0.25) is 0 Å². The van der Waals surface area contributed by atoms with Crippen LogP contribution in [0.1, 0.15) is 25.7 Å². The van der Waals surface area contributed by atoms with Crippen LogP contribution in [0.4, 0.5) is 0 Å². The molecule has 0 aromatic rings. The normalized spacial score (nSPS) is 47.3. The SMILES string of the molecule is COC(=O)C1(Cl)OC12CC(OC)C21CCC1. The standard InChI is InChI=1S/C11H15ClO4/c1-14-7-6-10(9(7)4-3-5-9)11(12,16-10)8(13)15-2/h7H,3-6H2,1-2H3. The highest BCUT2D eigenvalue weighted by Crippen LogP contribution is 2.77. The third kappa shape index (κ3) is 0.856. The van der Waals surface area contributed by atoms with E-state index in [9.17, 15) is 4.79 Å². The molecule has 0 aromatic carbocycles. The Balaban J connectivity index is 1.86. The number of fused-ring (bicyclic) bond motifs is 1. The quantitative estimate of drug-likeness (QED) is 0.420. The van der Waals surface area contributed by atoms with Crippen molar-refractivity contribution in [1.82, 2.24) is 0 Å². The predicted octanol–water partition coefficient (Wildman–Crippen LogP) is 1.45. The van der Waals surface area contributed by atoms with Crippen LogP contribution < -0.4 is 0 Å². The van der Waals surface area contributed by atoms with Gasteiger partial charge in [-0.3, -0.25) is 0 Å². The number of epoxide rings is 1. The van der Waals surface area contributed by atoms with Gasteiger partial charge in [0.25, 0.3) is 5.06 Å². The minimum Gasteiger partial charge on any atom is -0.466 e. The van der Waals surface area contributed by atoms with E-state index in [-0.39, 0.29) is 11.5 Å². The van der Waals surface area contributed by atoms with Crippen LogP contribution >= 0.6 is 11.6 Å². The van der Waals surface area contributed by atoms with Gasteiger partial charge in [-0.2, -0.15) is 0 Å². The molecule has 0 N–H and O–H groups in total. The van der Waals surface area contributed by atoms with E-state index in [1.807, 2.05) is 0 Å². The number of carbonyl (C=O) groups is 1. The molecule has 3 aliphatic rings. The Morgan fingerprint density at radius 1 is 1.44 bits per heavy atom. The van der Waals surface area contributed by atoms with Crippen molar-refractivity contribution in [3.63, 3.8) is 0 Å². The van der Waals surface area contributed by atoms with Crippen molar-refractivity contribution in [3.05, 3.63) is 0 Å². The van der Waals surface area contributed by atoms with Gasteiger partial charge in [-0.25, -0.2) is 4.79 Å². The number of alkyl halides is 1. The van der Waals surface area contributed by atoms with Crippen LogP contribution in [-0.2, 0) is 19.0 Å². The topological polar surface area (TPSA) is 48.1 Å². The molecular formula is C11H15ClO4. The molecule has 3 fully saturated rings. The van der Waals surface area contributed by atoms with E-state index >= 15 is 0 Å². The molecule has 0 bridgehead atoms. The summed E-state index contributed by atoms with van der Waals surface area (Å²) in [6, 6.07) is 0. The Morgan fingerprint density at radius 3 is 2.56 bits per heavy atom. The molecule has 0 aromatic heterocycles. The number of halogens is 1. The van der Waals surface area contributed by atoms with Gasteiger partial charge in [-0.05, 0) is 12.8 Å². The Kier molecular flexibility index (Phi) is 1.97. The average molecular weight is 247 g/mol. The van der Waals surface area contributed by atoms with Gasteiger partial charge in [0, 0.05) is 18.9 Å². The largest absolute Gasteiger partial charge is 0.466 e. The van der Waals surface area contributed by atoms with Crippen molar-refractivity contribution >= 4 is 17.6 Å². The number of esters is 1. The van der Waals surface area contributed by atoms with E-state index in [1.165, 1.54) is 7.11 Å². The van der Waals surface area contributed by atoms with Crippen LogP contribution in [0.5, 0.6) is 0 Å². The first-order valence-electron chi connectivity index (χ1n) is 5.57. The van der Waals surface area contributed by atoms with Crippen LogP contribution in [0.15, 0.2) is 0 Å². The van der Waals surface area contributed by atoms with Crippen LogP contribution in [-0.4, -0.2) is 37.0 Å². The highest BCUT2D eigenvalue weighted by molar-refractivity contribution is 6.36. The predicted molar refractivity (Wildman–Crippen MR) is 56.1 cm³/mol. The number of carbonyl (C=O) groups excluding carboxylic acids is 1. The maximum Gasteiger partial charge on any atom is 0.357 e. The summed E-state index contributed by atoms with van der Waals surface area (Å²) in [5.74, 6) is -0.477. The Hall–Kier alpha value is -0.320. The third-order valence-corrected chi connectivity index (χ3v) is 5.20. The number of hydrogen-bond donors (Lipinski definition) is 0. The fourth-order valence-corrected chi connectivity index (χ4v) is 4.00. The lowest BCUT2D eigenvalue weighted by Gasteiger charge is -2.59. The van der Waals surface area contributed by atoms with Gasteiger partial charge in [-0.15, -0.1) is 0 Å². The van der Waals surface area contributed by atoms with Crippen molar-refractivity contribution < 1.29 is 19.0 Å². The maximum atomic E-state index is 11.6. The fourth-order valence-electron chi connectivity index (χ4n) is 3.53. The lowest BCUT2D eigenvalue weighted by molar-refractivity contribution is -0.196. The highest BCUT2D eigenvalue weighted by atomic mass is 35.5. The maximum absolute atomic E-state index is 11.6. The second-order valence-corrected chi connectivity index (χ2v) is 5.49. The van der Waals surface area contributed by atoms with Crippen molar-refractivity contribution in [3.8, 4) is 0 Å². The first kappa shape index (κ1) is 10.8. The van der Waals surface area contributed by atoms with Gasteiger partial charge in [-0.1, -0.05) is 18.0 Å². The van der Waals surface area contributed by atoms with Crippen molar-refractivity contribution in [1.29, 1.82) is 0 Å². The lowest BCUT2D eigenvalue weighted by Crippen LogP contribution is -2.67. The van der Waals surface area contributed by atoms with E-state index in [2.05, 4.69) is 0 Å². The summed E-state index contributed by atoms with van der Waals surface area (Å²) in [6.07, 6.45) is 4.07. The molecule has 3 atom stereocenters. The van der Waals surface area contributed by atoms with Crippen molar-refractivity contribution in [2.24, 2.45) is 5.41 Å². The fraction of sp³-hybridized carbons (Fsp3) is 0.909. The van der Waals surface area contributed by atoms with Crippen LogP contribution in [0.3, 0.4) is 0 Å². The molecule has 16 heavy (non-hydrogen) atoms. The van der Waals surface area contributed by atoms with Crippen LogP contribution in [0.25, 0.3) is 0 Å². The van der Waals surface area contributed by atoms with E-state index in [1.54, 1.807) is 7.11 Å². The average Bonchev–Trinajstić information content (AvgIpc) is 2.82. The molecular weight excluding hydrogens is 232 g/mol. The molecule has 2 aliphatic carbocycles. The van der Waals surface area contributed by atoms with Gasteiger partial charge in [0.15, 0.2) is 0 Å². The molecule has 5 heteroatoms. The summed E-state index contributed by atoms with van der Waals surface area (Å²) in [5.41, 5.74) is -0.564. The van der Waals surface area contributed by atoms with Gasteiger partial charge >= 0.3 is 5.97 Å². The molecule has 1 saturated heterocycles. The minimum atomic E-state index is -1.25. The van der Waals surface area contributed by atoms with Gasteiger partial charge in [0.05, 0.1) is 13.2 Å². The molecule has 3 unspecified atom stereocenters. The summed E-state index contributed by atoms with van der Waals surface area (Å²) in [6.45, 7) is 0. The van der Waals surface area contributed by atoms with Crippen LogP contribution in [0, 0.1) is 5.41 Å². The number of hydrogen-bond acceptors (Lipinski definition) is 4. The zero-order chi connectivity index (χ0) is 11.6. The van der Waals surface area contributed by atoms with E-state index in [0.717, 1.165) is 19.3 Å². The summed E-state index contributed by atoms with van der Waals surface area (Å²) >= 11 is 6.22. The lowest BCUT2D eigenvalue weighted by atomic mass is 9.46. The molecule has 1 heterocycles. The molecule has 2 saturated carbocycles. The number of methoxy groups -OCH3 is 2. The zero-order valence-corrected chi connectivity index (χ0v) is 10.2. The molecule has 0 amide bonds. The Morgan fingerprint density at radius 2 is 2.12 bits per heavy atom. The van der Waals surface area contributed by atoms with E-state index < -0.39 is 16.6 Å². The molecule has 90 valence electrons. The van der Waals surface area contributed by atoms with Crippen molar-refractivity contribution in [2.75, 3.05) is 14.2 Å². The Bertz CT molecular complexity index is 354. The Labute approximate surface area is 99.2 Å². The van der Waals surface area contributed by atoms with E-state index in [4.69, 9.17) is 25.8 Å². The van der Waals surface area contributed by atoms with Gasteiger partial charge in [0.2, 0.25) is 0 Å². The summed E-state index contributed by atoms with van der Waals surface area (Å²) in [4.78, 5) is 11.6. The van der Waals surface area contributed by atoms with Gasteiger partial charge in [0.1, 0.15) is 5.60 Å². The zero-order valence-electron chi connectivity index (χ0n) is 9.42. The molecule has 0 radical (unpaired) electrons. The first-order valence-corrected chi connectivity index (χ1v) is 5.94. The van der Waals surface area contributed by atoms with Crippen molar-refractivity contribution in [2.45, 2.75) is 42.4 Å². The summed E-state index contributed by atoms with van der Waals surface area (Å²) in [5, 5.41) is -1.25. The molecule has 2 spiro atoms. The molecule has 1 aliphatic heterocycles. The monoisotopic (exact) mass is 246 g/mol.